The van der Waals surface area contributed by atoms with E-state index in [2.05, 4.69) is 0 Å². The highest BCUT2D eigenvalue weighted by atomic mass is 19.3. The fraction of sp³-hybridized carbons (Fsp3) is 0.375. The van der Waals surface area contributed by atoms with Gasteiger partial charge < -0.3 is 15.0 Å². The Balaban J connectivity index is 1.69. The van der Waals surface area contributed by atoms with E-state index in [0.29, 0.717) is 5.56 Å². The lowest BCUT2D eigenvalue weighted by molar-refractivity contribution is -0.132. The number of hydroxylamine groups is 2. The number of likely N-dealkylation sites (N-methyl/N-ethyl adjacent to an activating group) is 1. The second kappa shape index (κ2) is 12.4. The monoisotopic (exact) mass is 526 g/mol. The van der Waals surface area contributed by atoms with Gasteiger partial charge in [0.15, 0.2) is 11.6 Å². The van der Waals surface area contributed by atoms with Crippen molar-refractivity contribution in [1.82, 2.24) is 10.4 Å². The number of alkyl halides is 2. The van der Waals surface area contributed by atoms with Gasteiger partial charge in [-0.25, -0.2) is 18.6 Å². The number of ether oxygens (including phenoxy) is 1. The van der Waals surface area contributed by atoms with E-state index in [1.165, 1.54) is 12.0 Å². The fourth-order valence-corrected chi connectivity index (χ4v) is 3.78. The summed E-state index contributed by atoms with van der Waals surface area (Å²) < 4.78 is 59.8. The van der Waals surface area contributed by atoms with Gasteiger partial charge >= 0.3 is 12.5 Å². The lowest BCUT2D eigenvalue weighted by atomic mass is 10.2. The second-order valence-corrected chi connectivity index (χ2v) is 7.96. The molecule has 0 radical (unpaired) electrons. The van der Waals surface area contributed by atoms with Crippen LogP contribution in [-0.2, 0) is 14.4 Å². The van der Waals surface area contributed by atoms with Gasteiger partial charge in [0.05, 0.1) is 32.4 Å². The van der Waals surface area contributed by atoms with Crippen molar-refractivity contribution in [3.05, 3.63) is 59.7 Å². The van der Waals surface area contributed by atoms with E-state index >= 15 is 8.78 Å². The Hall–Kier alpha value is -3.87. The number of benzene rings is 2. The summed E-state index contributed by atoms with van der Waals surface area (Å²) in [7, 11) is 1.31. The molecule has 0 bridgehead atoms. The third kappa shape index (κ3) is 6.67. The number of amides is 3. The molecule has 1 saturated heterocycles. The molecule has 1 aliphatic heterocycles. The highest BCUT2D eigenvalue weighted by molar-refractivity contribution is 5.93. The standard InChI is InChI=1S/C24H26F4N4O5/c1-3-30(9-10-32(36-2)23(34)15-7-5-4-6-8-15)20-18(25)11-16(12-19(20)26)31-14-17(37-24(31)35)13-29-22(33)21(27)28/h4-8,11-12,17,21H,3,9-10,13-14H2,1-2H3,(H,29,33)/t17-/m0/s1. The summed E-state index contributed by atoms with van der Waals surface area (Å²) in [6, 6.07) is 10.3. The number of nitrogens with zero attached hydrogens (tertiary/aromatic N) is 3. The summed E-state index contributed by atoms with van der Waals surface area (Å²) in [6.45, 7) is 1.33. The molecule has 3 rings (SSSR count). The van der Waals surface area contributed by atoms with Crippen LogP contribution < -0.4 is 15.1 Å². The zero-order chi connectivity index (χ0) is 27.1. The summed E-state index contributed by atoms with van der Waals surface area (Å²) in [5.74, 6) is -3.86. The van der Waals surface area contributed by atoms with Crippen LogP contribution in [0, 0.1) is 11.6 Å². The van der Waals surface area contributed by atoms with Crippen LogP contribution in [0.4, 0.5) is 33.7 Å². The summed E-state index contributed by atoms with van der Waals surface area (Å²) in [4.78, 5) is 43.3. The van der Waals surface area contributed by atoms with Crippen LogP contribution >= 0.6 is 0 Å². The predicted octanol–water partition coefficient (Wildman–Crippen LogP) is 3.20. The molecule has 0 aromatic heterocycles. The van der Waals surface area contributed by atoms with Gasteiger partial charge in [-0.2, -0.15) is 8.78 Å². The van der Waals surface area contributed by atoms with Gasteiger partial charge in [0, 0.05) is 30.8 Å². The molecule has 0 saturated carbocycles. The molecular formula is C24H26F4N4O5. The molecular weight excluding hydrogens is 500 g/mol. The van der Waals surface area contributed by atoms with Gasteiger partial charge in [0.1, 0.15) is 11.8 Å². The minimum Gasteiger partial charge on any atom is -0.442 e. The largest absolute Gasteiger partial charge is 0.442 e. The highest BCUT2D eigenvalue weighted by Crippen LogP contribution is 2.31. The molecule has 2 aromatic rings. The average molecular weight is 526 g/mol. The number of anilines is 2. The highest BCUT2D eigenvalue weighted by Gasteiger charge is 2.34. The van der Waals surface area contributed by atoms with Crippen LogP contribution in [0.2, 0.25) is 0 Å². The Morgan fingerprint density at radius 1 is 1.16 bits per heavy atom. The van der Waals surface area contributed by atoms with Crippen molar-refractivity contribution in [2.75, 3.05) is 49.6 Å². The fourth-order valence-electron chi connectivity index (χ4n) is 3.78. The average Bonchev–Trinajstić information content (AvgIpc) is 3.26. The van der Waals surface area contributed by atoms with Crippen LogP contribution in [0.5, 0.6) is 0 Å². The topological polar surface area (TPSA) is 91.4 Å². The van der Waals surface area contributed by atoms with Crippen molar-refractivity contribution in [1.29, 1.82) is 0 Å². The van der Waals surface area contributed by atoms with E-state index in [1.54, 1.807) is 37.3 Å². The van der Waals surface area contributed by atoms with Gasteiger partial charge in [-0.05, 0) is 19.1 Å². The minimum absolute atomic E-state index is 0.00314. The zero-order valence-electron chi connectivity index (χ0n) is 20.1. The molecule has 9 nitrogen and oxygen atoms in total. The van der Waals surface area contributed by atoms with E-state index in [0.717, 1.165) is 22.1 Å². The number of hydrogen-bond donors (Lipinski definition) is 1. The maximum atomic E-state index is 15.1. The number of halogens is 4. The van der Waals surface area contributed by atoms with Gasteiger partial charge in [-0.15, -0.1) is 0 Å². The van der Waals surface area contributed by atoms with E-state index in [1.807, 2.05) is 5.32 Å². The molecule has 1 aliphatic rings. The molecule has 1 heterocycles. The second-order valence-electron chi connectivity index (χ2n) is 7.96. The first-order valence-corrected chi connectivity index (χ1v) is 11.3. The number of rotatable bonds is 11. The first kappa shape index (κ1) is 27.7. The Morgan fingerprint density at radius 3 is 2.38 bits per heavy atom. The molecule has 1 atom stereocenters. The maximum absolute atomic E-state index is 15.1. The van der Waals surface area contributed by atoms with Gasteiger partial charge in [-0.3, -0.25) is 19.3 Å². The summed E-state index contributed by atoms with van der Waals surface area (Å²) >= 11 is 0. The number of cyclic esters (lactones) is 1. The van der Waals surface area contributed by atoms with Gasteiger partial charge in [-0.1, -0.05) is 18.2 Å². The molecule has 0 unspecified atom stereocenters. The molecule has 13 heteroatoms. The third-order valence-corrected chi connectivity index (χ3v) is 5.63. The van der Waals surface area contributed by atoms with Crippen LogP contribution in [-0.4, -0.2) is 75.3 Å². The molecule has 200 valence electrons. The van der Waals surface area contributed by atoms with Crippen LogP contribution in [0.1, 0.15) is 17.3 Å². The molecule has 1 fully saturated rings. The van der Waals surface area contributed by atoms with Crippen molar-refractivity contribution >= 4 is 29.3 Å². The number of nitrogens with one attached hydrogen (secondary N) is 1. The van der Waals surface area contributed by atoms with Crippen molar-refractivity contribution < 1.29 is 41.5 Å². The van der Waals surface area contributed by atoms with Crippen LogP contribution in [0.25, 0.3) is 0 Å². The van der Waals surface area contributed by atoms with E-state index in [9.17, 15) is 23.2 Å². The van der Waals surface area contributed by atoms with Crippen molar-refractivity contribution in [2.45, 2.75) is 19.5 Å². The quantitative estimate of drug-likeness (QED) is 0.357. The summed E-state index contributed by atoms with van der Waals surface area (Å²) in [5.41, 5.74) is -0.110. The lowest BCUT2D eigenvalue weighted by Gasteiger charge is -2.28. The van der Waals surface area contributed by atoms with Crippen molar-refractivity contribution in [3.8, 4) is 0 Å². The lowest BCUT2D eigenvalue weighted by Crippen LogP contribution is -2.39. The first-order chi connectivity index (χ1) is 17.7. The summed E-state index contributed by atoms with van der Waals surface area (Å²) in [5, 5.41) is 3.01. The number of carbonyl (C=O) groups is 3. The third-order valence-electron chi connectivity index (χ3n) is 5.63. The summed E-state index contributed by atoms with van der Waals surface area (Å²) in [6.07, 6.45) is -5.14. The van der Waals surface area contributed by atoms with Crippen LogP contribution in [0.15, 0.2) is 42.5 Å². The van der Waals surface area contributed by atoms with Crippen LogP contribution in [0.3, 0.4) is 0 Å². The van der Waals surface area contributed by atoms with E-state index in [4.69, 9.17) is 9.57 Å². The number of carbonyl (C=O) groups excluding carboxylic acids is 3. The molecule has 1 N–H and O–H groups in total. The number of hydrogen-bond acceptors (Lipinski definition) is 6. The molecule has 37 heavy (non-hydrogen) atoms. The normalized spacial score (nSPS) is 15.1. The zero-order valence-corrected chi connectivity index (χ0v) is 20.1. The SMILES string of the molecule is CCN(CCN(OC)C(=O)c1ccccc1)c1c(F)cc(N2C[C@H](CNC(=O)C(F)F)OC2=O)cc1F. The first-order valence-electron chi connectivity index (χ1n) is 11.3. The molecule has 0 spiro atoms. The van der Waals surface area contributed by atoms with Crippen molar-refractivity contribution in [3.63, 3.8) is 0 Å². The van der Waals surface area contributed by atoms with E-state index in [-0.39, 0.29) is 44.1 Å². The predicted molar refractivity (Wildman–Crippen MR) is 125 cm³/mol. The van der Waals surface area contributed by atoms with E-state index < -0.39 is 42.1 Å². The van der Waals surface area contributed by atoms with Gasteiger partial charge in [0.2, 0.25) is 0 Å². The van der Waals surface area contributed by atoms with Crippen molar-refractivity contribution in [2.24, 2.45) is 0 Å². The Morgan fingerprint density at radius 2 is 1.81 bits per heavy atom. The molecule has 3 amide bonds. The minimum atomic E-state index is -3.22. The Labute approximate surface area is 210 Å². The maximum Gasteiger partial charge on any atom is 0.414 e. The Kier molecular flexibility index (Phi) is 9.28. The molecule has 0 aliphatic carbocycles. The Bertz CT molecular complexity index is 1100. The molecule has 2 aromatic carbocycles. The smallest absolute Gasteiger partial charge is 0.414 e. The van der Waals surface area contributed by atoms with Gasteiger partial charge in [0.25, 0.3) is 11.8 Å².